The molecule has 180 valence electrons. The second-order valence-electron chi connectivity index (χ2n) is 9.53. The average molecular weight is 466 g/mol. The van der Waals surface area contributed by atoms with E-state index < -0.39 is 17.2 Å². The summed E-state index contributed by atoms with van der Waals surface area (Å²) in [6.07, 6.45) is -0.558. The number of aliphatic imine (C=N–C) groups is 1. The number of nitrogen functional groups attached to an aromatic ring is 1. The molecule has 9 nitrogen and oxygen atoms in total. The highest BCUT2D eigenvalue weighted by Gasteiger charge is 2.38. The van der Waals surface area contributed by atoms with Gasteiger partial charge in [-0.25, -0.2) is 9.79 Å². The third kappa shape index (κ3) is 5.72. The molecule has 1 atom stereocenters. The summed E-state index contributed by atoms with van der Waals surface area (Å²) >= 11 is 0. The van der Waals surface area contributed by atoms with Crippen molar-refractivity contribution >= 4 is 40.8 Å². The fourth-order valence-corrected chi connectivity index (χ4v) is 3.54. The summed E-state index contributed by atoms with van der Waals surface area (Å²) < 4.78 is 5.31. The number of nitrogens with two attached hydrogens (primary N) is 1. The highest BCUT2D eigenvalue weighted by Crippen LogP contribution is 2.35. The Balaban J connectivity index is 1.89. The molecule has 1 aliphatic rings. The topological polar surface area (TPSA) is 126 Å². The number of benzene rings is 2. The lowest BCUT2D eigenvalue weighted by Gasteiger charge is -2.35. The van der Waals surface area contributed by atoms with Crippen LogP contribution in [0.5, 0.6) is 0 Å². The first-order valence-corrected chi connectivity index (χ1v) is 10.9. The van der Waals surface area contributed by atoms with Gasteiger partial charge >= 0.3 is 6.09 Å². The maximum atomic E-state index is 12.8. The van der Waals surface area contributed by atoms with Crippen LogP contribution >= 0.6 is 0 Å². The maximum Gasteiger partial charge on any atom is 0.414 e. The molecule has 0 saturated heterocycles. The quantitative estimate of drug-likeness (QED) is 0.459. The van der Waals surface area contributed by atoms with Crippen molar-refractivity contribution in [3.63, 3.8) is 0 Å². The molecule has 0 spiro atoms. The number of amides is 2. The zero-order chi connectivity index (χ0) is 25.3. The third-order valence-corrected chi connectivity index (χ3v) is 5.37. The Labute approximate surface area is 199 Å². The number of carbonyl (C=O) groups is 3. The van der Waals surface area contributed by atoms with E-state index in [1.165, 1.54) is 11.8 Å². The van der Waals surface area contributed by atoms with Gasteiger partial charge in [0.1, 0.15) is 5.60 Å². The van der Waals surface area contributed by atoms with Gasteiger partial charge in [0.05, 0.1) is 23.3 Å². The van der Waals surface area contributed by atoms with Gasteiger partial charge in [0.25, 0.3) is 0 Å². The average Bonchev–Trinajstić information content (AvgIpc) is 2.72. The van der Waals surface area contributed by atoms with Crippen LogP contribution in [0.4, 0.5) is 21.9 Å². The predicted molar refractivity (Wildman–Crippen MR) is 132 cm³/mol. The van der Waals surface area contributed by atoms with Crippen LogP contribution in [0.15, 0.2) is 47.5 Å². The van der Waals surface area contributed by atoms with Crippen molar-refractivity contribution in [2.45, 2.75) is 52.2 Å². The predicted octanol–water partition coefficient (Wildman–Crippen LogP) is 4.17. The Bertz CT molecular complexity index is 1170. The minimum atomic E-state index is -0.907. The van der Waals surface area contributed by atoms with Gasteiger partial charge in [0.15, 0.2) is 5.78 Å². The van der Waals surface area contributed by atoms with E-state index in [0.717, 1.165) is 11.3 Å². The molecule has 4 N–H and O–H groups in total. The Morgan fingerprint density at radius 3 is 2.50 bits per heavy atom. The lowest BCUT2D eigenvalue weighted by atomic mass is 9.87. The first kappa shape index (κ1) is 24.8. The molecule has 0 saturated carbocycles. The Kier molecular flexibility index (Phi) is 6.67. The molecule has 1 aliphatic heterocycles. The first-order chi connectivity index (χ1) is 15.8. The van der Waals surface area contributed by atoms with Crippen LogP contribution < -0.4 is 16.4 Å². The van der Waals surface area contributed by atoms with Crippen molar-refractivity contribution in [1.82, 2.24) is 10.2 Å². The van der Waals surface area contributed by atoms with Crippen LogP contribution in [0.25, 0.3) is 0 Å². The van der Waals surface area contributed by atoms with Crippen molar-refractivity contribution in [1.29, 1.82) is 0 Å². The fraction of sp³-hybridized carbons (Fsp3) is 0.360. The minimum Gasteiger partial charge on any atom is -0.444 e. The number of nitrogens with one attached hydrogen (secondary N) is 2. The van der Waals surface area contributed by atoms with Gasteiger partial charge in [-0.05, 0) is 70.5 Å². The molecule has 0 bridgehead atoms. The van der Waals surface area contributed by atoms with Gasteiger partial charge in [0, 0.05) is 18.3 Å². The van der Waals surface area contributed by atoms with Crippen LogP contribution in [-0.4, -0.2) is 41.3 Å². The van der Waals surface area contributed by atoms with E-state index in [4.69, 9.17) is 15.5 Å². The molecule has 2 aromatic carbocycles. The molecule has 9 heteroatoms. The summed E-state index contributed by atoms with van der Waals surface area (Å²) in [7, 11) is 1.56. The van der Waals surface area contributed by atoms with Crippen molar-refractivity contribution in [2.75, 3.05) is 18.1 Å². The molecule has 2 amide bonds. The number of anilines is 3. The molecule has 0 aromatic heterocycles. The first-order valence-electron chi connectivity index (χ1n) is 10.9. The number of hydrogen-bond acceptors (Lipinski definition) is 7. The van der Waals surface area contributed by atoms with Gasteiger partial charge in [-0.3, -0.25) is 19.8 Å². The van der Waals surface area contributed by atoms with Crippen LogP contribution in [0, 0.1) is 0 Å². The zero-order valence-electron chi connectivity index (χ0n) is 20.4. The highest BCUT2D eigenvalue weighted by molar-refractivity contribution is 6.05. The SMILES string of the molecule is CC(=O)c1ccc(Nc2cccc([C@]3(C)CC(=O)N(C)C(NC(=O)OC(C)(C)C)=N3)c2)c(N)c1. The summed E-state index contributed by atoms with van der Waals surface area (Å²) in [5.41, 5.74) is 7.68. The van der Waals surface area contributed by atoms with E-state index >= 15 is 0 Å². The number of hydrogen-bond donors (Lipinski definition) is 3. The summed E-state index contributed by atoms with van der Waals surface area (Å²) in [5, 5.41) is 5.85. The minimum absolute atomic E-state index is 0.0613. The molecule has 2 aromatic rings. The van der Waals surface area contributed by atoms with Crippen molar-refractivity contribution in [3.8, 4) is 0 Å². The Morgan fingerprint density at radius 2 is 1.88 bits per heavy atom. The Morgan fingerprint density at radius 1 is 1.18 bits per heavy atom. The van der Waals surface area contributed by atoms with Gasteiger partial charge in [0.2, 0.25) is 11.9 Å². The van der Waals surface area contributed by atoms with E-state index in [-0.39, 0.29) is 24.1 Å². The van der Waals surface area contributed by atoms with Crippen molar-refractivity contribution < 1.29 is 19.1 Å². The lowest BCUT2D eigenvalue weighted by Crippen LogP contribution is -2.52. The number of nitrogens with zero attached hydrogens (tertiary/aromatic N) is 2. The third-order valence-electron chi connectivity index (χ3n) is 5.37. The number of ketones is 1. The van der Waals surface area contributed by atoms with E-state index in [1.807, 2.05) is 31.2 Å². The van der Waals surface area contributed by atoms with Crippen LogP contribution in [0.3, 0.4) is 0 Å². The van der Waals surface area contributed by atoms with Crippen molar-refractivity contribution in [3.05, 3.63) is 53.6 Å². The normalized spacial score (nSPS) is 18.2. The molecular formula is C25H31N5O4. The van der Waals surface area contributed by atoms with Crippen LogP contribution in [-0.2, 0) is 15.1 Å². The van der Waals surface area contributed by atoms with Gasteiger partial charge in [-0.15, -0.1) is 0 Å². The van der Waals surface area contributed by atoms with E-state index in [2.05, 4.69) is 10.6 Å². The zero-order valence-corrected chi connectivity index (χ0v) is 20.4. The van der Waals surface area contributed by atoms with Crippen LogP contribution in [0.1, 0.15) is 57.0 Å². The van der Waals surface area contributed by atoms with E-state index in [9.17, 15) is 14.4 Å². The summed E-state index contributed by atoms with van der Waals surface area (Å²) in [4.78, 5) is 42.6. The summed E-state index contributed by atoms with van der Waals surface area (Å²) in [6.45, 7) is 8.60. The maximum absolute atomic E-state index is 12.8. The molecule has 34 heavy (non-hydrogen) atoms. The lowest BCUT2D eigenvalue weighted by molar-refractivity contribution is -0.128. The molecule has 1 heterocycles. The summed E-state index contributed by atoms with van der Waals surface area (Å²) in [5.74, 6) is -0.129. The van der Waals surface area contributed by atoms with E-state index in [1.54, 1.807) is 46.0 Å². The van der Waals surface area contributed by atoms with E-state index in [0.29, 0.717) is 16.9 Å². The van der Waals surface area contributed by atoms with Crippen molar-refractivity contribution in [2.24, 2.45) is 4.99 Å². The number of Topliss-reactive ketones (excluding diaryl/α,β-unsaturated/α-hetero) is 1. The molecule has 0 radical (unpaired) electrons. The van der Waals surface area contributed by atoms with Gasteiger partial charge in [-0.1, -0.05) is 12.1 Å². The number of rotatable bonds is 4. The highest BCUT2D eigenvalue weighted by atomic mass is 16.6. The number of ether oxygens (including phenoxy) is 1. The second kappa shape index (κ2) is 9.17. The monoisotopic (exact) mass is 465 g/mol. The fourth-order valence-electron chi connectivity index (χ4n) is 3.54. The largest absolute Gasteiger partial charge is 0.444 e. The van der Waals surface area contributed by atoms with Gasteiger partial charge in [-0.2, -0.15) is 0 Å². The number of alkyl carbamates (subject to hydrolysis) is 1. The van der Waals surface area contributed by atoms with Gasteiger partial charge < -0.3 is 15.8 Å². The second-order valence-corrected chi connectivity index (χ2v) is 9.53. The standard InChI is InChI=1S/C25H31N5O4/c1-15(31)16-10-11-20(19(26)12-16)27-18-9-7-8-17(13-18)25(5)14-21(32)30(6)22(29-25)28-23(33)34-24(2,3)4/h7-13,27H,14,26H2,1-6H3,(H,28,29,33)/t25-/m0/s1. The smallest absolute Gasteiger partial charge is 0.414 e. The summed E-state index contributed by atoms with van der Waals surface area (Å²) in [6, 6.07) is 12.6. The molecule has 3 rings (SSSR count). The molecule has 0 fully saturated rings. The van der Waals surface area contributed by atoms with Crippen LogP contribution in [0.2, 0.25) is 0 Å². The Hall–Kier alpha value is -3.88. The molecule has 0 aliphatic carbocycles. The molecule has 0 unspecified atom stereocenters. The number of guanidine groups is 1. The number of carbonyl (C=O) groups excluding carboxylic acids is 3. The molecular weight excluding hydrogens is 434 g/mol.